The van der Waals surface area contributed by atoms with Crippen molar-refractivity contribution in [3.8, 4) is 0 Å². The van der Waals surface area contributed by atoms with Gasteiger partial charge < -0.3 is 11.1 Å². The van der Waals surface area contributed by atoms with Gasteiger partial charge in [0.15, 0.2) is 0 Å². The van der Waals surface area contributed by atoms with E-state index in [1.807, 2.05) is 6.92 Å². The number of carbonyl (C=O) groups is 1. The van der Waals surface area contributed by atoms with Crippen molar-refractivity contribution >= 4 is 28.6 Å². The first-order valence-electron chi connectivity index (χ1n) is 4.60. The molecule has 82 valence electrons. The maximum absolute atomic E-state index is 11.7. The Hall–Kier alpha value is -1.95. The topological polar surface area (TPSA) is 80.9 Å². The Bertz CT molecular complexity index is 523. The zero-order chi connectivity index (χ0) is 11.5. The van der Waals surface area contributed by atoms with Crippen LogP contribution in [0.3, 0.4) is 0 Å². The fourth-order valence-corrected chi connectivity index (χ4v) is 1.77. The lowest BCUT2D eigenvalue weighted by molar-refractivity contribution is 0.102. The number of carbonyl (C=O) groups excluding carboxylic acids is 1. The van der Waals surface area contributed by atoms with Gasteiger partial charge in [0.2, 0.25) is 0 Å². The molecule has 0 unspecified atom stereocenters. The van der Waals surface area contributed by atoms with Crippen LogP contribution >= 0.6 is 11.3 Å². The summed E-state index contributed by atoms with van der Waals surface area (Å²) >= 11 is 1.43. The van der Waals surface area contributed by atoms with E-state index in [1.165, 1.54) is 17.5 Å². The number of pyridine rings is 1. The molecule has 1 amide bonds. The molecule has 0 saturated heterocycles. The molecule has 16 heavy (non-hydrogen) atoms. The van der Waals surface area contributed by atoms with Gasteiger partial charge in [-0.3, -0.25) is 9.78 Å². The van der Waals surface area contributed by atoms with Crippen molar-refractivity contribution in [1.29, 1.82) is 0 Å². The van der Waals surface area contributed by atoms with E-state index in [0.29, 0.717) is 17.1 Å². The van der Waals surface area contributed by atoms with Gasteiger partial charge in [-0.25, -0.2) is 4.98 Å². The Morgan fingerprint density at radius 3 is 3.00 bits per heavy atom. The number of rotatable bonds is 2. The molecule has 0 aromatic carbocycles. The molecule has 0 aliphatic carbocycles. The standard InChI is InChI=1S/C10H10N4OS/c1-6-13-9(5-16-6)10(15)14-8-2-3-12-4-7(8)11/h2-5H,11H2,1H3,(H,12,14,15). The molecule has 6 heteroatoms. The van der Waals surface area contributed by atoms with Crippen LogP contribution in [0.4, 0.5) is 11.4 Å². The number of nitrogens with two attached hydrogens (primary N) is 1. The molecule has 0 radical (unpaired) electrons. The van der Waals surface area contributed by atoms with E-state index in [2.05, 4.69) is 15.3 Å². The average Bonchev–Trinajstić information content (AvgIpc) is 2.68. The van der Waals surface area contributed by atoms with Crippen LogP contribution in [0.5, 0.6) is 0 Å². The lowest BCUT2D eigenvalue weighted by atomic mass is 10.3. The highest BCUT2D eigenvalue weighted by Crippen LogP contribution is 2.17. The number of hydrogen-bond acceptors (Lipinski definition) is 5. The SMILES string of the molecule is Cc1nc(C(=O)Nc2ccncc2N)cs1. The van der Waals surface area contributed by atoms with Gasteiger partial charge in [0.25, 0.3) is 5.91 Å². The molecule has 0 atom stereocenters. The first kappa shape index (κ1) is 10.6. The number of aryl methyl sites for hydroxylation is 1. The van der Waals surface area contributed by atoms with Crippen LogP contribution < -0.4 is 11.1 Å². The molecule has 0 fully saturated rings. The van der Waals surface area contributed by atoms with E-state index in [0.717, 1.165) is 5.01 Å². The van der Waals surface area contributed by atoms with Gasteiger partial charge in [0.05, 0.1) is 22.6 Å². The van der Waals surface area contributed by atoms with E-state index in [9.17, 15) is 4.79 Å². The van der Waals surface area contributed by atoms with Crippen LogP contribution in [0.2, 0.25) is 0 Å². The molecule has 3 N–H and O–H groups in total. The third kappa shape index (κ3) is 2.17. The number of nitrogen functional groups attached to an aromatic ring is 1. The minimum absolute atomic E-state index is 0.262. The summed E-state index contributed by atoms with van der Waals surface area (Å²) < 4.78 is 0. The molecule has 2 aromatic heterocycles. The number of thiazole rings is 1. The second-order valence-corrected chi connectivity index (χ2v) is 4.23. The summed E-state index contributed by atoms with van der Waals surface area (Å²) in [6, 6.07) is 1.65. The molecule has 0 spiro atoms. The van der Waals surface area contributed by atoms with Crippen LogP contribution in [0.15, 0.2) is 23.8 Å². The summed E-state index contributed by atoms with van der Waals surface area (Å²) in [6.07, 6.45) is 3.06. The molecule has 0 aliphatic heterocycles. The first-order valence-corrected chi connectivity index (χ1v) is 5.48. The Morgan fingerprint density at radius 2 is 2.38 bits per heavy atom. The zero-order valence-corrected chi connectivity index (χ0v) is 9.41. The van der Waals surface area contributed by atoms with Crippen molar-refractivity contribution in [3.63, 3.8) is 0 Å². The summed E-state index contributed by atoms with van der Waals surface area (Å²) in [7, 11) is 0. The van der Waals surface area contributed by atoms with E-state index >= 15 is 0 Å². The maximum atomic E-state index is 11.7. The van der Waals surface area contributed by atoms with Gasteiger partial charge in [-0.1, -0.05) is 0 Å². The summed E-state index contributed by atoms with van der Waals surface area (Å²) in [4.78, 5) is 19.7. The molecule has 2 rings (SSSR count). The largest absolute Gasteiger partial charge is 0.396 e. The highest BCUT2D eigenvalue weighted by Gasteiger charge is 2.10. The van der Waals surface area contributed by atoms with Crippen LogP contribution in [0.1, 0.15) is 15.5 Å². The summed E-state index contributed by atoms with van der Waals surface area (Å²) in [5, 5.41) is 5.24. The number of aromatic nitrogens is 2. The van der Waals surface area contributed by atoms with Crippen molar-refractivity contribution in [2.24, 2.45) is 0 Å². The third-order valence-corrected chi connectivity index (χ3v) is 2.73. The second-order valence-electron chi connectivity index (χ2n) is 3.17. The second kappa shape index (κ2) is 4.28. The molecule has 2 aromatic rings. The van der Waals surface area contributed by atoms with Gasteiger partial charge in [-0.15, -0.1) is 11.3 Å². The van der Waals surface area contributed by atoms with Gasteiger partial charge >= 0.3 is 0 Å². The molecule has 5 nitrogen and oxygen atoms in total. The minimum atomic E-state index is -0.262. The predicted octanol–water partition coefficient (Wildman–Crippen LogP) is 1.68. The third-order valence-electron chi connectivity index (χ3n) is 1.95. The van der Waals surface area contributed by atoms with E-state index < -0.39 is 0 Å². The van der Waals surface area contributed by atoms with Gasteiger partial charge in [0, 0.05) is 11.6 Å². The Kier molecular flexibility index (Phi) is 2.82. The molecular formula is C10H10N4OS. The van der Waals surface area contributed by atoms with Crippen molar-refractivity contribution < 1.29 is 4.79 Å². The molecule has 2 heterocycles. The average molecular weight is 234 g/mol. The van der Waals surface area contributed by atoms with Gasteiger partial charge in [-0.05, 0) is 13.0 Å². The predicted molar refractivity (Wildman–Crippen MR) is 63.5 cm³/mol. The Labute approximate surface area is 96.3 Å². The van der Waals surface area contributed by atoms with Crippen molar-refractivity contribution in [3.05, 3.63) is 34.5 Å². The maximum Gasteiger partial charge on any atom is 0.275 e. The fourth-order valence-electron chi connectivity index (χ4n) is 1.17. The number of amides is 1. The molecular weight excluding hydrogens is 224 g/mol. The number of anilines is 2. The number of nitrogens with zero attached hydrogens (tertiary/aromatic N) is 2. The molecule has 0 saturated carbocycles. The summed E-state index contributed by atoms with van der Waals surface area (Å²) in [6.45, 7) is 1.85. The van der Waals surface area contributed by atoms with Crippen molar-refractivity contribution in [1.82, 2.24) is 9.97 Å². The van der Waals surface area contributed by atoms with Gasteiger partial charge in [-0.2, -0.15) is 0 Å². The number of hydrogen-bond donors (Lipinski definition) is 2. The number of nitrogens with one attached hydrogen (secondary N) is 1. The summed E-state index contributed by atoms with van der Waals surface area (Å²) in [5.74, 6) is -0.262. The molecule has 0 bridgehead atoms. The molecule has 0 aliphatic rings. The lowest BCUT2D eigenvalue weighted by Gasteiger charge is -2.05. The lowest BCUT2D eigenvalue weighted by Crippen LogP contribution is -2.13. The fraction of sp³-hybridized carbons (Fsp3) is 0.100. The van der Waals surface area contributed by atoms with E-state index in [1.54, 1.807) is 17.6 Å². The smallest absolute Gasteiger partial charge is 0.275 e. The Balaban J connectivity index is 2.17. The van der Waals surface area contributed by atoms with Crippen molar-refractivity contribution in [2.75, 3.05) is 11.1 Å². The Morgan fingerprint density at radius 1 is 1.56 bits per heavy atom. The zero-order valence-electron chi connectivity index (χ0n) is 8.60. The first-order chi connectivity index (χ1) is 7.66. The quantitative estimate of drug-likeness (QED) is 0.828. The highest BCUT2D eigenvalue weighted by molar-refractivity contribution is 7.09. The summed E-state index contributed by atoms with van der Waals surface area (Å²) in [5.41, 5.74) is 7.04. The van der Waals surface area contributed by atoms with E-state index in [4.69, 9.17) is 5.73 Å². The highest BCUT2D eigenvalue weighted by atomic mass is 32.1. The van der Waals surface area contributed by atoms with Crippen LogP contribution in [-0.4, -0.2) is 15.9 Å². The van der Waals surface area contributed by atoms with Crippen LogP contribution in [0, 0.1) is 6.92 Å². The van der Waals surface area contributed by atoms with Crippen LogP contribution in [0.25, 0.3) is 0 Å². The minimum Gasteiger partial charge on any atom is -0.396 e. The monoisotopic (exact) mass is 234 g/mol. The van der Waals surface area contributed by atoms with Gasteiger partial charge in [0.1, 0.15) is 5.69 Å². The van der Waals surface area contributed by atoms with E-state index in [-0.39, 0.29) is 5.91 Å². The normalized spacial score (nSPS) is 10.1. The van der Waals surface area contributed by atoms with Crippen molar-refractivity contribution in [2.45, 2.75) is 6.92 Å². The van der Waals surface area contributed by atoms with Crippen LogP contribution in [-0.2, 0) is 0 Å².